The van der Waals surface area contributed by atoms with E-state index in [1.165, 1.54) is 16.8 Å². The molecule has 1 aromatic heterocycles. The Labute approximate surface area is 97.9 Å². The predicted molar refractivity (Wildman–Crippen MR) is 63.6 cm³/mol. The van der Waals surface area contributed by atoms with E-state index >= 15 is 0 Å². The Balaban J connectivity index is 2.61. The topological polar surface area (TPSA) is 63.8 Å². The second-order valence-corrected chi connectivity index (χ2v) is 3.75. The zero-order valence-corrected chi connectivity index (χ0v) is 9.53. The molecule has 0 aliphatic heterocycles. The number of aryl methyl sites for hydroxylation is 1. The van der Waals surface area contributed by atoms with E-state index in [1.807, 2.05) is 6.92 Å². The summed E-state index contributed by atoms with van der Waals surface area (Å²) in [4.78, 5) is 12.0. The van der Waals surface area contributed by atoms with Gasteiger partial charge in [-0.3, -0.25) is 9.89 Å². The first kappa shape index (κ1) is 11.6. The molecule has 0 unspecified atom stereocenters. The van der Waals surface area contributed by atoms with Crippen LogP contribution in [0, 0.1) is 5.82 Å². The molecule has 0 saturated heterocycles. The molecule has 1 aromatic carbocycles. The number of H-pyrrole nitrogens is 1. The van der Waals surface area contributed by atoms with Crippen molar-refractivity contribution in [2.24, 2.45) is 5.73 Å². The Hall–Kier alpha value is -1.88. The summed E-state index contributed by atoms with van der Waals surface area (Å²) in [6.07, 6.45) is 0.685. The van der Waals surface area contributed by atoms with Gasteiger partial charge in [-0.2, -0.15) is 0 Å². The fourth-order valence-electron chi connectivity index (χ4n) is 1.82. The smallest absolute Gasteiger partial charge is 0.275 e. The molecule has 0 aliphatic carbocycles. The van der Waals surface area contributed by atoms with Crippen LogP contribution in [0.2, 0.25) is 0 Å². The van der Waals surface area contributed by atoms with Crippen molar-refractivity contribution in [3.63, 3.8) is 0 Å². The highest BCUT2D eigenvalue weighted by Crippen LogP contribution is 2.09. The average Bonchev–Trinajstić information content (AvgIpc) is 2.65. The SMILES string of the molecule is CCc1[nH]n(-c2cccc(F)c2)c(=O)c1CN. The Morgan fingerprint density at radius 3 is 2.76 bits per heavy atom. The molecule has 5 heteroatoms. The van der Waals surface area contributed by atoms with Gasteiger partial charge in [0.25, 0.3) is 5.56 Å². The van der Waals surface area contributed by atoms with Crippen molar-refractivity contribution in [3.8, 4) is 5.69 Å². The van der Waals surface area contributed by atoms with Crippen LogP contribution < -0.4 is 11.3 Å². The van der Waals surface area contributed by atoms with Crippen molar-refractivity contribution in [1.82, 2.24) is 9.78 Å². The molecule has 4 nitrogen and oxygen atoms in total. The molecule has 1 heterocycles. The highest BCUT2D eigenvalue weighted by molar-refractivity contribution is 5.33. The molecule has 0 bridgehead atoms. The van der Waals surface area contributed by atoms with Crippen molar-refractivity contribution in [1.29, 1.82) is 0 Å². The zero-order valence-electron chi connectivity index (χ0n) is 9.53. The summed E-state index contributed by atoms with van der Waals surface area (Å²) >= 11 is 0. The third-order valence-corrected chi connectivity index (χ3v) is 2.70. The maximum atomic E-state index is 13.1. The number of nitrogens with zero attached hydrogens (tertiary/aromatic N) is 1. The van der Waals surface area contributed by atoms with Gasteiger partial charge < -0.3 is 5.73 Å². The highest BCUT2D eigenvalue weighted by atomic mass is 19.1. The summed E-state index contributed by atoms with van der Waals surface area (Å²) in [5.41, 5.74) is 7.15. The van der Waals surface area contributed by atoms with E-state index in [1.54, 1.807) is 12.1 Å². The third-order valence-electron chi connectivity index (χ3n) is 2.70. The van der Waals surface area contributed by atoms with E-state index < -0.39 is 0 Å². The van der Waals surface area contributed by atoms with E-state index in [-0.39, 0.29) is 17.9 Å². The second-order valence-electron chi connectivity index (χ2n) is 3.75. The average molecular weight is 235 g/mol. The van der Waals surface area contributed by atoms with Gasteiger partial charge in [0.1, 0.15) is 5.82 Å². The molecule has 0 saturated carbocycles. The number of hydrogen-bond donors (Lipinski definition) is 2. The Kier molecular flexibility index (Phi) is 3.10. The summed E-state index contributed by atoms with van der Waals surface area (Å²) < 4.78 is 14.4. The van der Waals surface area contributed by atoms with Crippen LogP contribution in [0.4, 0.5) is 4.39 Å². The van der Waals surface area contributed by atoms with E-state index in [0.29, 0.717) is 17.7 Å². The molecule has 2 rings (SSSR count). The van der Waals surface area contributed by atoms with Crippen molar-refractivity contribution >= 4 is 0 Å². The fraction of sp³-hybridized carbons (Fsp3) is 0.250. The number of benzene rings is 1. The van der Waals surface area contributed by atoms with Crippen molar-refractivity contribution in [2.75, 3.05) is 0 Å². The number of hydrogen-bond acceptors (Lipinski definition) is 2. The van der Waals surface area contributed by atoms with E-state index in [2.05, 4.69) is 5.10 Å². The molecular weight excluding hydrogens is 221 g/mol. The molecule has 90 valence electrons. The Bertz CT molecular complexity index is 586. The van der Waals surface area contributed by atoms with E-state index in [4.69, 9.17) is 5.73 Å². The van der Waals surface area contributed by atoms with E-state index in [9.17, 15) is 9.18 Å². The lowest BCUT2D eigenvalue weighted by molar-refractivity contribution is 0.625. The minimum atomic E-state index is -0.378. The number of aromatic amines is 1. The highest BCUT2D eigenvalue weighted by Gasteiger charge is 2.12. The van der Waals surface area contributed by atoms with Crippen LogP contribution in [0.1, 0.15) is 18.2 Å². The van der Waals surface area contributed by atoms with Crippen molar-refractivity contribution in [3.05, 3.63) is 51.7 Å². The molecule has 0 fully saturated rings. The van der Waals surface area contributed by atoms with E-state index in [0.717, 1.165) is 5.69 Å². The van der Waals surface area contributed by atoms with Gasteiger partial charge in [0.2, 0.25) is 0 Å². The predicted octanol–water partition coefficient (Wildman–Crippen LogP) is 1.33. The Morgan fingerprint density at radius 1 is 1.47 bits per heavy atom. The number of nitrogens with two attached hydrogens (primary N) is 1. The summed E-state index contributed by atoms with van der Waals surface area (Å²) in [5, 5.41) is 2.95. The minimum Gasteiger partial charge on any atom is -0.326 e. The fourth-order valence-corrected chi connectivity index (χ4v) is 1.82. The zero-order chi connectivity index (χ0) is 12.4. The van der Waals surface area contributed by atoms with Crippen LogP contribution in [0.25, 0.3) is 5.69 Å². The summed E-state index contributed by atoms with van der Waals surface area (Å²) in [7, 11) is 0. The number of rotatable bonds is 3. The first-order valence-electron chi connectivity index (χ1n) is 5.46. The summed E-state index contributed by atoms with van der Waals surface area (Å²) in [6.45, 7) is 2.11. The minimum absolute atomic E-state index is 0.181. The normalized spacial score (nSPS) is 10.8. The lowest BCUT2D eigenvalue weighted by Crippen LogP contribution is -2.19. The van der Waals surface area contributed by atoms with Crippen LogP contribution >= 0.6 is 0 Å². The molecule has 0 spiro atoms. The van der Waals surface area contributed by atoms with Crippen LogP contribution in [0.3, 0.4) is 0 Å². The number of halogens is 1. The summed E-state index contributed by atoms with van der Waals surface area (Å²) in [6, 6.07) is 5.87. The molecule has 0 radical (unpaired) electrons. The Morgan fingerprint density at radius 2 is 2.24 bits per heavy atom. The van der Waals surface area contributed by atoms with Gasteiger partial charge in [0, 0.05) is 12.2 Å². The van der Waals surface area contributed by atoms with Crippen molar-refractivity contribution in [2.45, 2.75) is 19.9 Å². The van der Waals surface area contributed by atoms with Crippen LogP contribution in [0.5, 0.6) is 0 Å². The molecular formula is C12H14FN3O. The molecule has 0 amide bonds. The quantitative estimate of drug-likeness (QED) is 0.842. The lowest BCUT2D eigenvalue weighted by atomic mass is 10.2. The van der Waals surface area contributed by atoms with Gasteiger partial charge in [0.05, 0.1) is 11.3 Å². The van der Waals surface area contributed by atoms with Crippen LogP contribution in [-0.4, -0.2) is 9.78 Å². The first-order chi connectivity index (χ1) is 8.17. The van der Waals surface area contributed by atoms with Gasteiger partial charge in [-0.05, 0) is 24.6 Å². The van der Waals surface area contributed by atoms with Crippen LogP contribution in [-0.2, 0) is 13.0 Å². The molecule has 0 aliphatic rings. The molecule has 0 atom stereocenters. The largest absolute Gasteiger partial charge is 0.326 e. The van der Waals surface area contributed by atoms with Gasteiger partial charge in [0.15, 0.2) is 0 Å². The molecule has 2 aromatic rings. The van der Waals surface area contributed by atoms with Gasteiger partial charge in [-0.25, -0.2) is 9.07 Å². The first-order valence-corrected chi connectivity index (χ1v) is 5.46. The van der Waals surface area contributed by atoms with Crippen molar-refractivity contribution < 1.29 is 4.39 Å². The third kappa shape index (κ3) is 2.01. The second kappa shape index (κ2) is 4.55. The summed E-state index contributed by atoms with van der Waals surface area (Å²) in [5.74, 6) is -0.378. The van der Waals surface area contributed by atoms with Gasteiger partial charge in [-0.1, -0.05) is 13.0 Å². The molecule has 3 N–H and O–H groups in total. The lowest BCUT2D eigenvalue weighted by Gasteiger charge is -2.01. The maximum Gasteiger partial charge on any atom is 0.275 e. The number of nitrogens with one attached hydrogen (secondary N) is 1. The maximum absolute atomic E-state index is 13.1. The molecule has 17 heavy (non-hydrogen) atoms. The van der Waals surface area contributed by atoms with Crippen LogP contribution in [0.15, 0.2) is 29.1 Å². The standard InChI is InChI=1S/C12H14FN3O/c1-2-11-10(7-14)12(17)16(15-11)9-5-3-4-8(13)6-9/h3-6,15H,2,7,14H2,1H3. The monoisotopic (exact) mass is 235 g/mol. The number of aromatic nitrogens is 2. The van der Waals surface area contributed by atoms with Gasteiger partial charge in [-0.15, -0.1) is 0 Å². The van der Waals surface area contributed by atoms with Gasteiger partial charge >= 0.3 is 0 Å².